The number of amides is 4. The average Bonchev–Trinajstić information content (AvgIpc) is 3.33. The van der Waals surface area contributed by atoms with Crippen LogP contribution in [-0.4, -0.2) is 78.3 Å². The van der Waals surface area contributed by atoms with Crippen LogP contribution in [0.5, 0.6) is 0 Å². The number of hydrogen-bond donors (Lipinski definition) is 3. The quantitative estimate of drug-likeness (QED) is 0.364. The second kappa shape index (κ2) is 10.2. The number of carbonyl (C=O) groups excluding carboxylic acids is 4. The largest absolute Gasteiger partial charge is 0.368 e. The van der Waals surface area contributed by atoms with Gasteiger partial charge in [-0.15, -0.1) is 0 Å². The molecule has 12 nitrogen and oxygen atoms in total. The summed E-state index contributed by atoms with van der Waals surface area (Å²) in [5.41, 5.74) is 5.82. The molecule has 13 heteroatoms. The van der Waals surface area contributed by atoms with Crippen molar-refractivity contribution in [2.45, 2.75) is 61.4 Å². The van der Waals surface area contributed by atoms with E-state index in [2.05, 4.69) is 20.6 Å². The number of sulfone groups is 1. The van der Waals surface area contributed by atoms with Crippen molar-refractivity contribution < 1.29 is 27.6 Å². The van der Waals surface area contributed by atoms with Gasteiger partial charge in [0.1, 0.15) is 6.04 Å². The molecule has 1 aliphatic heterocycles. The molecule has 1 fully saturated rings. The van der Waals surface area contributed by atoms with Gasteiger partial charge in [0.15, 0.2) is 0 Å². The highest BCUT2D eigenvalue weighted by atomic mass is 32.2. The summed E-state index contributed by atoms with van der Waals surface area (Å²) in [6.45, 7) is 0.328. The first-order valence-electron chi connectivity index (χ1n) is 10.8. The molecule has 1 aromatic rings. The molecule has 1 aliphatic carbocycles. The molecule has 33 heavy (non-hydrogen) atoms. The Labute approximate surface area is 191 Å². The highest BCUT2D eigenvalue weighted by Crippen LogP contribution is 2.29. The molecule has 4 N–H and O–H groups in total. The van der Waals surface area contributed by atoms with E-state index in [4.69, 9.17) is 5.73 Å². The Hall–Kier alpha value is -3.09. The van der Waals surface area contributed by atoms with Crippen molar-refractivity contribution in [3.63, 3.8) is 0 Å². The lowest BCUT2D eigenvalue weighted by atomic mass is 10.1. The molecular formula is C20H28N6O6S. The van der Waals surface area contributed by atoms with Gasteiger partial charge >= 0.3 is 0 Å². The van der Waals surface area contributed by atoms with E-state index >= 15 is 0 Å². The van der Waals surface area contributed by atoms with Crippen molar-refractivity contribution in [2.24, 2.45) is 5.73 Å². The minimum atomic E-state index is -3.62. The minimum absolute atomic E-state index is 0.0671. The molecule has 0 radical (unpaired) electrons. The Balaban J connectivity index is 1.61. The highest BCUT2D eigenvalue weighted by Gasteiger charge is 2.34. The van der Waals surface area contributed by atoms with Gasteiger partial charge in [-0.05, 0) is 12.8 Å². The smallest absolute Gasteiger partial charge is 0.257 e. The van der Waals surface area contributed by atoms with Crippen LogP contribution in [-0.2, 0) is 30.6 Å². The molecule has 1 atom stereocenters. The Kier molecular flexibility index (Phi) is 7.61. The Morgan fingerprint density at radius 3 is 2.58 bits per heavy atom. The predicted octanol–water partition coefficient (Wildman–Crippen LogP) is -1.31. The number of hydrogen-bond acceptors (Lipinski definition) is 8. The summed E-state index contributed by atoms with van der Waals surface area (Å²) in [7, 11) is -2.22. The second-order valence-electron chi connectivity index (χ2n) is 8.16. The first-order chi connectivity index (χ1) is 15.6. The first-order valence-corrected chi connectivity index (χ1v) is 12.4. The fourth-order valence-electron chi connectivity index (χ4n) is 3.99. The number of carbonyl (C=O) groups is 4. The molecular weight excluding hydrogens is 452 g/mol. The van der Waals surface area contributed by atoms with Crippen LogP contribution < -0.4 is 16.4 Å². The molecule has 2 aliphatic rings. The van der Waals surface area contributed by atoms with E-state index in [0.29, 0.717) is 25.0 Å². The van der Waals surface area contributed by atoms with Gasteiger partial charge in [0.2, 0.25) is 32.7 Å². The maximum atomic E-state index is 12.8. The summed E-state index contributed by atoms with van der Waals surface area (Å²) in [6, 6.07) is -1.15. The summed E-state index contributed by atoms with van der Waals surface area (Å²) in [4.78, 5) is 57.5. The van der Waals surface area contributed by atoms with E-state index in [1.165, 1.54) is 18.1 Å². The lowest BCUT2D eigenvalue weighted by Gasteiger charge is -2.28. The molecule has 3 rings (SSSR count). The molecule has 180 valence electrons. The van der Waals surface area contributed by atoms with Crippen LogP contribution in [0.15, 0.2) is 11.4 Å². The van der Waals surface area contributed by atoms with E-state index in [1.807, 2.05) is 0 Å². The zero-order valence-electron chi connectivity index (χ0n) is 18.4. The summed E-state index contributed by atoms with van der Waals surface area (Å²) in [5, 5.41) is 4.04. The summed E-state index contributed by atoms with van der Waals surface area (Å²) in [5.74, 6) is -2.21. The van der Waals surface area contributed by atoms with Crippen molar-refractivity contribution in [3.05, 3.63) is 17.5 Å². The van der Waals surface area contributed by atoms with Gasteiger partial charge in [-0.25, -0.2) is 18.4 Å². The summed E-state index contributed by atoms with van der Waals surface area (Å²) in [6.07, 6.45) is 4.10. The number of rotatable bonds is 9. The van der Waals surface area contributed by atoms with E-state index < -0.39 is 44.8 Å². The number of primary amides is 1. The molecule has 2 heterocycles. The fraction of sp³-hybridized carbons (Fsp3) is 0.600. The van der Waals surface area contributed by atoms with E-state index in [0.717, 1.165) is 12.8 Å². The zero-order valence-corrected chi connectivity index (χ0v) is 19.2. The third-order valence-electron chi connectivity index (χ3n) is 5.93. The number of nitrogens with zero attached hydrogens (tertiary/aromatic N) is 3. The van der Waals surface area contributed by atoms with Crippen molar-refractivity contribution in [1.29, 1.82) is 0 Å². The minimum Gasteiger partial charge on any atom is -0.368 e. The molecule has 1 saturated carbocycles. The van der Waals surface area contributed by atoms with Gasteiger partial charge in [0.05, 0.1) is 22.9 Å². The van der Waals surface area contributed by atoms with Gasteiger partial charge in [-0.3, -0.25) is 19.2 Å². The van der Waals surface area contributed by atoms with Gasteiger partial charge in [0.25, 0.3) is 5.91 Å². The van der Waals surface area contributed by atoms with Crippen LogP contribution >= 0.6 is 0 Å². The SMILES string of the molecule is CNC(=O)CC(NC(=O)CCN1CCc2nc(S(=O)(=O)C3CCCC3)ncc2C1=O)C(N)=O. The van der Waals surface area contributed by atoms with Crippen molar-refractivity contribution >= 4 is 33.5 Å². The maximum Gasteiger partial charge on any atom is 0.257 e. The monoisotopic (exact) mass is 480 g/mol. The number of nitrogens with two attached hydrogens (primary N) is 1. The van der Waals surface area contributed by atoms with Crippen LogP contribution in [0.3, 0.4) is 0 Å². The third-order valence-corrected chi connectivity index (χ3v) is 7.99. The predicted molar refractivity (Wildman–Crippen MR) is 116 cm³/mol. The Morgan fingerprint density at radius 2 is 1.94 bits per heavy atom. The van der Waals surface area contributed by atoms with Crippen LogP contribution in [0.4, 0.5) is 0 Å². The van der Waals surface area contributed by atoms with Crippen molar-refractivity contribution in [1.82, 2.24) is 25.5 Å². The molecule has 0 bridgehead atoms. The lowest BCUT2D eigenvalue weighted by Crippen LogP contribution is -2.48. The molecule has 1 unspecified atom stereocenters. The van der Waals surface area contributed by atoms with Gasteiger partial charge < -0.3 is 21.3 Å². The van der Waals surface area contributed by atoms with Gasteiger partial charge in [-0.2, -0.15) is 0 Å². The van der Waals surface area contributed by atoms with Crippen molar-refractivity contribution in [2.75, 3.05) is 20.1 Å². The first kappa shape index (κ1) is 24.6. The van der Waals surface area contributed by atoms with Gasteiger partial charge in [0, 0.05) is 39.2 Å². The molecule has 4 amide bonds. The molecule has 1 aromatic heterocycles. The van der Waals surface area contributed by atoms with E-state index in [-0.39, 0.29) is 36.7 Å². The van der Waals surface area contributed by atoms with E-state index in [9.17, 15) is 27.6 Å². The number of nitrogens with one attached hydrogen (secondary N) is 2. The third kappa shape index (κ3) is 5.64. The lowest BCUT2D eigenvalue weighted by molar-refractivity contribution is -0.130. The van der Waals surface area contributed by atoms with Crippen LogP contribution in [0.25, 0.3) is 0 Å². The normalized spacial score (nSPS) is 17.4. The topological polar surface area (TPSA) is 182 Å². The van der Waals surface area contributed by atoms with Crippen LogP contribution in [0, 0.1) is 0 Å². The standard InChI is InChI=1S/C20H28N6O6S/c1-22-17(28)10-15(18(21)29)24-16(27)7-9-26-8-6-14-13(19(26)30)11-23-20(25-14)33(31,32)12-4-2-3-5-12/h11-12,15H,2-10H2,1H3,(H2,21,29)(H,22,28)(H,24,27). The Morgan fingerprint density at radius 1 is 1.24 bits per heavy atom. The number of aromatic nitrogens is 2. The summed E-state index contributed by atoms with van der Waals surface area (Å²) >= 11 is 0. The molecule has 0 aromatic carbocycles. The van der Waals surface area contributed by atoms with Crippen molar-refractivity contribution in [3.8, 4) is 0 Å². The van der Waals surface area contributed by atoms with Crippen LogP contribution in [0.2, 0.25) is 0 Å². The average molecular weight is 481 g/mol. The molecule has 0 saturated heterocycles. The van der Waals surface area contributed by atoms with Crippen LogP contribution in [0.1, 0.15) is 54.6 Å². The van der Waals surface area contributed by atoms with Gasteiger partial charge in [-0.1, -0.05) is 12.8 Å². The fourth-order valence-corrected chi connectivity index (χ4v) is 5.68. The zero-order chi connectivity index (χ0) is 24.2. The van der Waals surface area contributed by atoms with E-state index in [1.54, 1.807) is 0 Å². The Bertz CT molecular complexity index is 1050. The number of fused-ring (bicyclic) bond motifs is 1. The second-order valence-corrected chi connectivity index (χ2v) is 10.3. The maximum absolute atomic E-state index is 12.8. The molecule has 0 spiro atoms. The summed E-state index contributed by atoms with van der Waals surface area (Å²) < 4.78 is 25.5. The highest BCUT2D eigenvalue weighted by molar-refractivity contribution is 7.91.